The Hall–Kier alpha value is -1.88. The molecular weight excluding hydrogens is 222 g/mol. The Morgan fingerprint density at radius 1 is 1.53 bits per heavy atom. The van der Waals surface area contributed by atoms with Gasteiger partial charge in [-0.15, -0.1) is 0 Å². The lowest BCUT2D eigenvalue weighted by atomic mass is 10.1. The summed E-state index contributed by atoms with van der Waals surface area (Å²) in [5.41, 5.74) is 1.07. The molecule has 0 saturated heterocycles. The topological polar surface area (TPSA) is 55.8 Å². The standard InChI is InChI=1S/C12H13NO4/c1-8-12(15)13(7-16-2)10-5-9(6-14)3-4-11(10)17-8/h3-6,8H,7H2,1-2H3. The summed E-state index contributed by atoms with van der Waals surface area (Å²) in [6, 6.07) is 4.95. The van der Waals surface area contributed by atoms with Crippen LogP contribution in [0, 0.1) is 0 Å². The number of ether oxygens (including phenoxy) is 2. The van der Waals surface area contributed by atoms with Gasteiger partial charge in [-0.2, -0.15) is 0 Å². The number of aldehydes is 1. The molecule has 1 atom stereocenters. The van der Waals surface area contributed by atoms with E-state index in [1.54, 1.807) is 25.1 Å². The van der Waals surface area contributed by atoms with Gasteiger partial charge in [0, 0.05) is 12.7 Å². The Kier molecular flexibility index (Phi) is 3.10. The van der Waals surface area contributed by atoms with Crippen LogP contribution in [0.5, 0.6) is 5.75 Å². The number of methoxy groups -OCH3 is 1. The fourth-order valence-corrected chi connectivity index (χ4v) is 1.76. The Morgan fingerprint density at radius 3 is 2.94 bits per heavy atom. The summed E-state index contributed by atoms with van der Waals surface area (Å²) in [5, 5.41) is 0. The largest absolute Gasteiger partial charge is 0.479 e. The van der Waals surface area contributed by atoms with Crippen molar-refractivity contribution in [2.24, 2.45) is 0 Å². The van der Waals surface area contributed by atoms with E-state index in [-0.39, 0.29) is 12.6 Å². The van der Waals surface area contributed by atoms with Gasteiger partial charge in [-0.3, -0.25) is 14.5 Å². The van der Waals surface area contributed by atoms with Crippen molar-refractivity contribution in [1.82, 2.24) is 0 Å². The molecule has 0 spiro atoms. The highest BCUT2D eigenvalue weighted by Crippen LogP contribution is 2.34. The molecule has 1 aromatic rings. The summed E-state index contributed by atoms with van der Waals surface area (Å²) in [6.45, 7) is 1.82. The van der Waals surface area contributed by atoms with Crippen LogP contribution < -0.4 is 9.64 Å². The molecule has 0 fully saturated rings. The Bertz CT molecular complexity index is 458. The number of benzene rings is 1. The van der Waals surface area contributed by atoms with Crippen molar-refractivity contribution in [3.05, 3.63) is 23.8 Å². The molecule has 1 aromatic carbocycles. The number of carbonyl (C=O) groups is 2. The van der Waals surface area contributed by atoms with Gasteiger partial charge in [0.25, 0.3) is 5.91 Å². The zero-order valence-corrected chi connectivity index (χ0v) is 9.67. The molecule has 17 heavy (non-hydrogen) atoms. The zero-order valence-electron chi connectivity index (χ0n) is 9.67. The molecule has 5 heteroatoms. The number of carbonyl (C=O) groups excluding carboxylic acids is 2. The summed E-state index contributed by atoms with van der Waals surface area (Å²) >= 11 is 0. The van der Waals surface area contributed by atoms with Gasteiger partial charge in [-0.1, -0.05) is 0 Å². The van der Waals surface area contributed by atoms with Gasteiger partial charge >= 0.3 is 0 Å². The Morgan fingerprint density at radius 2 is 2.29 bits per heavy atom. The first-order chi connectivity index (χ1) is 8.17. The number of hydrogen-bond donors (Lipinski definition) is 0. The van der Waals surface area contributed by atoms with E-state index in [1.807, 2.05) is 0 Å². The minimum Gasteiger partial charge on any atom is -0.479 e. The van der Waals surface area contributed by atoms with E-state index in [1.165, 1.54) is 12.0 Å². The fourth-order valence-electron chi connectivity index (χ4n) is 1.76. The quantitative estimate of drug-likeness (QED) is 0.739. The van der Waals surface area contributed by atoms with Crippen molar-refractivity contribution in [3.63, 3.8) is 0 Å². The summed E-state index contributed by atoms with van der Waals surface area (Å²) in [4.78, 5) is 24.1. The van der Waals surface area contributed by atoms with Crippen molar-refractivity contribution in [3.8, 4) is 5.75 Å². The summed E-state index contributed by atoms with van der Waals surface area (Å²) < 4.78 is 10.4. The van der Waals surface area contributed by atoms with E-state index in [9.17, 15) is 9.59 Å². The van der Waals surface area contributed by atoms with Crippen LogP contribution in [0.15, 0.2) is 18.2 Å². The van der Waals surface area contributed by atoms with Crippen LogP contribution in [0.1, 0.15) is 17.3 Å². The first-order valence-corrected chi connectivity index (χ1v) is 5.23. The van der Waals surface area contributed by atoms with E-state index in [4.69, 9.17) is 9.47 Å². The predicted molar refractivity (Wildman–Crippen MR) is 61.3 cm³/mol. The molecule has 90 valence electrons. The normalized spacial score (nSPS) is 18.6. The molecule has 0 N–H and O–H groups in total. The highest BCUT2D eigenvalue weighted by molar-refractivity contribution is 6.00. The average Bonchev–Trinajstić information content (AvgIpc) is 2.34. The number of fused-ring (bicyclic) bond motifs is 1. The highest BCUT2D eigenvalue weighted by atomic mass is 16.5. The molecule has 2 rings (SSSR count). The summed E-state index contributed by atoms with van der Waals surface area (Å²) in [7, 11) is 1.51. The van der Waals surface area contributed by atoms with Crippen molar-refractivity contribution in [2.45, 2.75) is 13.0 Å². The summed E-state index contributed by atoms with van der Waals surface area (Å²) in [5.74, 6) is 0.405. The monoisotopic (exact) mass is 235 g/mol. The van der Waals surface area contributed by atoms with Crippen molar-refractivity contribution < 1.29 is 19.1 Å². The van der Waals surface area contributed by atoms with Gasteiger partial charge in [0.2, 0.25) is 0 Å². The van der Waals surface area contributed by atoms with E-state index < -0.39 is 6.10 Å². The molecule has 0 radical (unpaired) electrons. The second kappa shape index (κ2) is 4.55. The number of hydrogen-bond acceptors (Lipinski definition) is 4. The number of anilines is 1. The van der Waals surface area contributed by atoms with Gasteiger partial charge in [0.15, 0.2) is 6.10 Å². The number of rotatable bonds is 3. The van der Waals surface area contributed by atoms with E-state index >= 15 is 0 Å². The van der Waals surface area contributed by atoms with Crippen molar-refractivity contribution in [1.29, 1.82) is 0 Å². The maximum absolute atomic E-state index is 11.9. The van der Waals surface area contributed by atoms with Crippen LogP contribution in [-0.2, 0) is 9.53 Å². The minimum atomic E-state index is -0.542. The maximum Gasteiger partial charge on any atom is 0.269 e. The van der Waals surface area contributed by atoms with Gasteiger partial charge in [0.1, 0.15) is 18.8 Å². The molecule has 0 aliphatic carbocycles. The first-order valence-electron chi connectivity index (χ1n) is 5.23. The first kappa shape index (κ1) is 11.6. The van der Waals surface area contributed by atoms with Crippen molar-refractivity contribution >= 4 is 17.9 Å². The van der Waals surface area contributed by atoms with Gasteiger partial charge in [-0.05, 0) is 25.1 Å². The summed E-state index contributed by atoms with van der Waals surface area (Å²) in [6.07, 6.45) is 0.188. The van der Waals surface area contributed by atoms with Crippen molar-refractivity contribution in [2.75, 3.05) is 18.7 Å². The molecule has 0 saturated carbocycles. The average molecular weight is 235 g/mol. The lowest BCUT2D eigenvalue weighted by molar-refractivity contribution is -0.126. The van der Waals surface area contributed by atoms with Gasteiger partial charge in [-0.25, -0.2) is 0 Å². The third-order valence-corrected chi connectivity index (χ3v) is 2.59. The van der Waals surface area contributed by atoms with Gasteiger partial charge < -0.3 is 9.47 Å². The smallest absolute Gasteiger partial charge is 0.269 e. The maximum atomic E-state index is 11.9. The van der Waals surface area contributed by atoms with Crippen LogP contribution in [0.2, 0.25) is 0 Å². The fraction of sp³-hybridized carbons (Fsp3) is 0.333. The molecule has 0 aromatic heterocycles. The van der Waals surface area contributed by atoms with Crippen LogP contribution in [-0.4, -0.2) is 32.1 Å². The highest BCUT2D eigenvalue weighted by Gasteiger charge is 2.31. The minimum absolute atomic E-state index is 0.141. The van der Waals surface area contributed by atoms with Crippen LogP contribution in [0.3, 0.4) is 0 Å². The van der Waals surface area contributed by atoms with Crippen LogP contribution in [0.4, 0.5) is 5.69 Å². The second-order valence-corrected chi connectivity index (χ2v) is 3.79. The molecule has 1 amide bonds. The lowest BCUT2D eigenvalue weighted by Crippen LogP contribution is -2.45. The molecule has 5 nitrogen and oxygen atoms in total. The second-order valence-electron chi connectivity index (χ2n) is 3.79. The molecule has 1 aliphatic rings. The predicted octanol–water partition coefficient (Wildman–Crippen LogP) is 1.22. The van der Waals surface area contributed by atoms with Crippen LogP contribution in [0.25, 0.3) is 0 Å². The Balaban J connectivity index is 2.47. The molecule has 1 unspecified atom stereocenters. The number of nitrogens with zero attached hydrogens (tertiary/aromatic N) is 1. The van der Waals surface area contributed by atoms with E-state index in [0.29, 0.717) is 17.0 Å². The molecule has 1 heterocycles. The van der Waals surface area contributed by atoms with E-state index in [2.05, 4.69) is 0 Å². The Labute approximate surface area is 98.9 Å². The third-order valence-electron chi connectivity index (χ3n) is 2.59. The molecular formula is C12H13NO4. The van der Waals surface area contributed by atoms with Gasteiger partial charge in [0.05, 0.1) is 5.69 Å². The number of amides is 1. The molecule has 1 aliphatic heterocycles. The SMILES string of the molecule is COCN1C(=O)C(C)Oc2ccc(C=O)cc21. The van der Waals surface area contributed by atoms with E-state index in [0.717, 1.165) is 6.29 Å². The van der Waals surface area contributed by atoms with Crippen LogP contribution >= 0.6 is 0 Å². The zero-order chi connectivity index (χ0) is 12.4. The molecule has 0 bridgehead atoms. The third kappa shape index (κ3) is 2.01. The lowest BCUT2D eigenvalue weighted by Gasteiger charge is -2.32.